The van der Waals surface area contributed by atoms with Gasteiger partial charge >= 0.3 is 6.09 Å². The van der Waals surface area contributed by atoms with Gasteiger partial charge in [-0.3, -0.25) is 0 Å². The first-order chi connectivity index (χ1) is 18.7. The van der Waals surface area contributed by atoms with Crippen LogP contribution in [0, 0.1) is 0 Å². The minimum atomic E-state index is -0.526. The molecule has 1 atom stereocenters. The number of anilines is 2. The zero-order valence-electron chi connectivity index (χ0n) is 23.5. The predicted octanol–water partition coefficient (Wildman–Crippen LogP) is 5.61. The summed E-state index contributed by atoms with van der Waals surface area (Å²) in [6.45, 7) is 7.11. The highest BCUT2D eigenvalue weighted by Gasteiger charge is 2.40. The Bertz CT molecular complexity index is 1230. The average molecular weight is 528 g/mol. The molecule has 2 aromatic carbocycles. The fraction of sp³-hybridized carbons (Fsp3) is 0.469. The zero-order valence-corrected chi connectivity index (χ0v) is 23.5. The number of fused-ring (bicyclic) bond motifs is 1. The van der Waals surface area contributed by atoms with Gasteiger partial charge in [0.1, 0.15) is 11.4 Å². The van der Waals surface area contributed by atoms with E-state index in [9.17, 15) is 4.79 Å². The number of benzene rings is 2. The number of nitrogen functional groups attached to an aromatic ring is 1. The van der Waals surface area contributed by atoms with Crippen LogP contribution < -0.4 is 16.0 Å². The molecule has 5 rings (SSSR count). The Morgan fingerprint density at radius 2 is 1.67 bits per heavy atom. The molecule has 1 aliphatic heterocycles. The summed E-state index contributed by atoms with van der Waals surface area (Å²) in [5.41, 5.74) is 10.7. The van der Waals surface area contributed by atoms with Crippen molar-refractivity contribution in [1.29, 1.82) is 0 Å². The number of hydrogen-bond donors (Lipinski definition) is 2. The number of ether oxygens (including phenoxy) is 1. The third-order valence-electron chi connectivity index (χ3n) is 7.82. The lowest BCUT2D eigenvalue weighted by molar-refractivity contribution is 0.0509. The Labute approximate surface area is 232 Å². The summed E-state index contributed by atoms with van der Waals surface area (Å²) in [6, 6.07) is 21.5. The first-order valence-corrected chi connectivity index (χ1v) is 14.2. The van der Waals surface area contributed by atoms with Crippen molar-refractivity contribution in [2.75, 3.05) is 23.7 Å². The molecule has 39 heavy (non-hydrogen) atoms. The number of nitrogens with one attached hydrogen (secondary N) is 1. The number of carbonyl (C=O) groups is 1. The van der Waals surface area contributed by atoms with Gasteiger partial charge in [0.15, 0.2) is 0 Å². The van der Waals surface area contributed by atoms with E-state index >= 15 is 0 Å². The van der Waals surface area contributed by atoms with Crippen molar-refractivity contribution in [3.63, 3.8) is 0 Å². The molecule has 0 bridgehead atoms. The Balaban J connectivity index is 1.50. The number of alkyl carbamates (subject to hydrolysis) is 1. The third-order valence-corrected chi connectivity index (χ3v) is 7.82. The lowest BCUT2D eigenvalue weighted by atomic mass is 9.70. The molecular formula is C32H41N5O2. The Hall–Kier alpha value is -3.61. The van der Waals surface area contributed by atoms with E-state index < -0.39 is 5.60 Å². The Morgan fingerprint density at radius 1 is 1.03 bits per heavy atom. The van der Waals surface area contributed by atoms with E-state index in [1.807, 2.05) is 20.8 Å². The maximum Gasteiger partial charge on any atom is 0.407 e. The minimum Gasteiger partial charge on any atom is -0.444 e. The second kappa shape index (κ2) is 11.2. The molecule has 1 unspecified atom stereocenters. The zero-order chi connectivity index (χ0) is 27.5. The van der Waals surface area contributed by atoms with Crippen molar-refractivity contribution < 1.29 is 9.53 Å². The third kappa shape index (κ3) is 6.52. The molecular weight excluding hydrogens is 486 g/mol. The maximum absolute atomic E-state index is 12.4. The van der Waals surface area contributed by atoms with Gasteiger partial charge in [-0.25, -0.2) is 9.78 Å². The van der Waals surface area contributed by atoms with Gasteiger partial charge in [0.25, 0.3) is 0 Å². The topological polar surface area (TPSA) is 93.4 Å². The van der Waals surface area contributed by atoms with Gasteiger partial charge in [-0.1, -0.05) is 67.1 Å². The lowest BCUT2D eigenvalue weighted by Crippen LogP contribution is -2.41. The molecule has 1 amide bonds. The SMILES string of the molecule is CC(C)(C)OC(=O)NC1CCN(c2nc(N)nc3c2CCCCC3(Cc2ccccc2)Cc2ccccc2)C1. The monoisotopic (exact) mass is 527 g/mol. The number of nitrogens with zero attached hydrogens (tertiary/aromatic N) is 3. The van der Waals surface area contributed by atoms with E-state index in [1.54, 1.807) is 0 Å². The molecule has 7 heteroatoms. The molecule has 3 N–H and O–H groups in total. The van der Waals surface area contributed by atoms with Crippen LogP contribution in [0.15, 0.2) is 60.7 Å². The number of hydrogen-bond acceptors (Lipinski definition) is 6. The van der Waals surface area contributed by atoms with Crippen molar-refractivity contribution in [3.05, 3.63) is 83.0 Å². The first kappa shape index (κ1) is 27.0. The smallest absolute Gasteiger partial charge is 0.407 e. The van der Waals surface area contributed by atoms with Crippen molar-refractivity contribution in [3.8, 4) is 0 Å². The number of rotatable bonds is 6. The largest absolute Gasteiger partial charge is 0.444 e. The molecule has 1 aromatic heterocycles. The summed E-state index contributed by atoms with van der Waals surface area (Å²) in [5, 5.41) is 3.05. The van der Waals surface area contributed by atoms with E-state index in [-0.39, 0.29) is 17.6 Å². The van der Waals surface area contributed by atoms with Gasteiger partial charge in [-0.2, -0.15) is 4.98 Å². The number of aromatic nitrogens is 2. The van der Waals surface area contributed by atoms with E-state index in [2.05, 4.69) is 70.9 Å². The van der Waals surface area contributed by atoms with E-state index in [1.165, 1.54) is 16.7 Å². The maximum atomic E-state index is 12.4. The highest BCUT2D eigenvalue weighted by molar-refractivity contribution is 5.68. The summed E-state index contributed by atoms with van der Waals surface area (Å²) < 4.78 is 5.49. The van der Waals surface area contributed by atoms with Gasteiger partial charge in [0.2, 0.25) is 5.95 Å². The number of nitrogens with two attached hydrogens (primary N) is 1. The van der Waals surface area contributed by atoms with Crippen LogP contribution in [0.2, 0.25) is 0 Å². The first-order valence-electron chi connectivity index (χ1n) is 14.2. The van der Waals surface area contributed by atoms with Crippen molar-refractivity contribution in [2.24, 2.45) is 0 Å². The second-order valence-electron chi connectivity index (χ2n) is 12.1. The van der Waals surface area contributed by atoms with Crippen LogP contribution in [0.5, 0.6) is 0 Å². The molecule has 1 saturated heterocycles. The van der Waals surface area contributed by atoms with Gasteiger partial charge in [-0.15, -0.1) is 0 Å². The molecule has 1 aliphatic carbocycles. The van der Waals surface area contributed by atoms with Gasteiger partial charge in [0, 0.05) is 24.1 Å². The van der Waals surface area contributed by atoms with Crippen molar-refractivity contribution in [2.45, 2.75) is 82.8 Å². The van der Waals surface area contributed by atoms with Crippen LogP contribution in [0.1, 0.15) is 68.8 Å². The molecule has 7 nitrogen and oxygen atoms in total. The van der Waals surface area contributed by atoms with Gasteiger partial charge in [-0.05, 0) is 70.4 Å². The molecule has 0 saturated carbocycles. The lowest BCUT2D eigenvalue weighted by Gasteiger charge is -2.35. The molecule has 3 aromatic rings. The van der Waals surface area contributed by atoms with Crippen LogP contribution >= 0.6 is 0 Å². The van der Waals surface area contributed by atoms with Crippen LogP contribution in [0.4, 0.5) is 16.6 Å². The molecule has 0 spiro atoms. The normalized spacial score (nSPS) is 18.7. The van der Waals surface area contributed by atoms with Crippen LogP contribution in [-0.2, 0) is 29.4 Å². The Kier molecular flexibility index (Phi) is 7.78. The van der Waals surface area contributed by atoms with E-state index in [0.717, 1.165) is 63.0 Å². The van der Waals surface area contributed by atoms with Crippen molar-refractivity contribution >= 4 is 17.9 Å². The number of amides is 1. The minimum absolute atomic E-state index is 0.00383. The fourth-order valence-corrected chi connectivity index (χ4v) is 6.23. The van der Waals surface area contributed by atoms with Crippen LogP contribution in [0.3, 0.4) is 0 Å². The Morgan fingerprint density at radius 3 is 2.28 bits per heavy atom. The molecule has 206 valence electrons. The number of carbonyl (C=O) groups excluding carboxylic acids is 1. The van der Waals surface area contributed by atoms with Gasteiger partial charge in [0.05, 0.1) is 11.7 Å². The fourth-order valence-electron chi connectivity index (χ4n) is 6.23. The molecule has 0 radical (unpaired) electrons. The van der Waals surface area contributed by atoms with Crippen LogP contribution in [0.25, 0.3) is 0 Å². The molecule has 1 fully saturated rings. The molecule has 2 heterocycles. The summed E-state index contributed by atoms with van der Waals surface area (Å²) in [6.07, 6.45) is 6.43. The van der Waals surface area contributed by atoms with E-state index in [0.29, 0.717) is 12.5 Å². The quantitative estimate of drug-likeness (QED) is 0.405. The average Bonchev–Trinajstić information content (AvgIpc) is 3.27. The standard InChI is InChI=1S/C32H41N5O2/c1-31(2,3)39-30(38)34-25-17-19-37(22-25)28-26-16-10-11-18-32(27(26)35-29(33)36-28,20-23-12-6-4-7-13-23)21-24-14-8-5-9-15-24/h4-9,12-15,25H,10-11,16-22H2,1-3H3,(H,34,38)(H2,33,35,36). The summed E-state index contributed by atoms with van der Waals surface area (Å²) >= 11 is 0. The van der Waals surface area contributed by atoms with Crippen LogP contribution in [-0.4, -0.2) is 40.8 Å². The predicted molar refractivity (Wildman–Crippen MR) is 156 cm³/mol. The van der Waals surface area contributed by atoms with Gasteiger partial charge < -0.3 is 20.7 Å². The summed E-state index contributed by atoms with van der Waals surface area (Å²) in [7, 11) is 0. The molecule has 2 aliphatic rings. The summed E-state index contributed by atoms with van der Waals surface area (Å²) in [4.78, 5) is 24.5. The summed E-state index contributed by atoms with van der Waals surface area (Å²) in [5.74, 6) is 1.25. The van der Waals surface area contributed by atoms with E-state index in [4.69, 9.17) is 20.4 Å². The van der Waals surface area contributed by atoms with Crippen molar-refractivity contribution in [1.82, 2.24) is 15.3 Å². The highest BCUT2D eigenvalue weighted by Crippen LogP contribution is 2.43. The second-order valence-corrected chi connectivity index (χ2v) is 12.1. The highest BCUT2D eigenvalue weighted by atomic mass is 16.6.